The number of pyridine rings is 1. The SMILES string of the molecule is COc1nc([Si](C)(C)C)cc(I)c1CO. The molecule has 1 N–H and O–H groups in total. The number of hydrogen-bond donors (Lipinski definition) is 1. The molecular formula is C10H16INO2Si. The molecule has 0 radical (unpaired) electrons. The molecule has 0 amide bonds. The van der Waals surface area contributed by atoms with E-state index in [9.17, 15) is 5.11 Å². The highest BCUT2D eigenvalue weighted by Gasteiger charge is 2.21. The quantitative estimate of drug-likeness (QED) is 0.675. The molecule has 3 nitrogen and oxygen atoms in total. The Hall–Kier alpha value is -0.143. The smallest absolute Gasteiger partial charge is 0.219 e. The highest BCUT2D eigenvalue weighted by atomic mass is 127. The number of aliphatic hydroxyl groups excluding tert-OH is 1. The standard InChI is InChI=1S/C10H16INO2Si/c1-14-10-7(6-13)8(11)5-9(12-10)15(2,3)4/h5,13H,6H2,1-4H3. The molecule has 0 aromatic carbocycles. The Balaban J connectivity index is 3.32. The van der Waals surface area contributed by atoms with Crippen LogP contribution in [0.3, 0.4) is 0 Å². The van der Waals surface area contributed by atoms with Crippen LogP contribution in [0.5, 0.6) is 5.88 Å². The van der Waals surface area contributed by atoms with Gasteiger partial charge in [0.2, 0.25) is 5.88 Å². The fraction of sp³-hybridized carbons (Fsp3) is 0.500. The molecule has 0 unspecified atom stereocenters. The third-order valence-corrected chi connectivity index (χ3v) is 4.91. The molecular weight excluding hydrogens is 321 g/mol. The lowest BCUT2D eigenvalue weighted by molar-refractivity contribution is 0.270. The van der Waals surface area contributed by atoms with Gasteiger partial charge in [-0.15, -0.1) is 0 Å². The summed E-state index contributed by atoms with van der Waals surface area (Å²) < 4.78 is 6.23. The van der Waals surface area contributed by atoms with Gasteiger partial charge in [0, 0.05) is 8.89 Å². The first-order valence-electron chi connectivity index (χ1n) is 4.75. The first-order valence-corrected chi connectivity index (χ1v) is 9.32. The van der Waals surface area contributed by atoms with Crippen molar-refractivity contribution in [3.05, 3.63) is 15.2 Å². The lowest BCUT2D eigenvalue weighted by Crippen LogP contribution is -2.40. The second-order valence-corrected chi connectivity index (χ2v) is 10.6. The number of rotatable bonds is 3. The van der Waals surface area contributed by atoms with Crippen molar-refractivity contribution >= 4 is 36.0 Å². The Bertz CT molecular complexity index is 363. The van der Waals surface area contributed by atoms with Gasteiger partial charge in [0.15, 0.2) is 0 Å². The zero-order chi connectivity index (χ0) is 11.6. The molecule has 0 saturated heterocycles. The van der Waals surface area contributed by atoms with Crippen LogP contribution < -0.4 is 10.1 Å². The fourth-order valence-electron chi connectivity index (χ4n) is 1.21. The molecule has 1 heterocycles. The van der Waals surface area contributed by atoms with Gasteiger partial charge in [-0.3, -0.25) is 0 Å². The Morgan fingerprint density at radius 2 is 2.07 bits per heavy atom. The number of nitrogens with zero attached hydrogens (tertiary/aromatic N) is 1. The first kappa shape index (κ1) is 12.9. The maximum Gasteiger partial charge on any atom is 0.219 e. The van der Waals surface area contributed by atoms with E-state index >= 15 is 0 Å². The summed E-state index contributed by atoms with van der Waals surface area (Å²) in [6, 6.07) is 2.06. The second-order valence-electron chi connectivity index (χ2n) is 4.39. The predicted octanol–water partition coefficient (Wildman–Crippen LogP) is 1.73. The number of hydrogen-bond acceptors (Lipinski definition) is 3. The number of halogens is 1. The molecule has 0 aliphatic carbocycles. The van der Waals surface area contributed by atoms with Gasteiger partial charge in [0.25, 0.3) is 0 Å². The molecule has 5 heteroatoms. The van der Waals surface area contributed by atoms with E-state index in [1.54, 1.807) is 7.11 Å². The molecule has 1 aromatic rings. The number of ether oxygens (including phenoxy) is 1. The maximum atomic E-state index is 9.21. The molecule has 84 valence electrons. The lowest BCUT2D eigenvalue weighted by Gasteiger charge is -2.18. The fourth-order valence-corrected chi connectivity index (χ4v) is 3.22. The van der Waals surface area contributed by atoms with E-state index in [-0.39, 0.29) is 6.61 Å². The van der Waals surface area contributed by atoms with Gasteiger partial charge in [-0.25, -0.2) is 4.98 Å². The summed E-state index contributed by atoms with van der Waals surface area (Å²) in [5, 5.41) is 10.3. The minimum absolute atomic E-state index is 0.0274. The van der Waals surface area contributed by atoms with Crippen molar-refractivity contribution < 1.29 is 9.84 Å². The van der Waals surface area contributed by atoms with Gasteiger partial charge in [-0.1, -0.05) is 19.6 Å². The summed E-state index contributed by atoms with van der Waals surface area (Å²) in [5.74, 6) is 0.557. The average Bonchev–Trinajstić information content (AvgIpc) is 2.15. The lowest BCUT2D eigenvalue weighted by atomic mass is 10.3. The monoisotopic (exact) mass is 337 g/mol. The molecule has 0 bridgehead atoms. The van der Waals surface area contributed by atoms with Gasteiger partial charge < -0.3 is 9.84 Å². The van der Waals surface area contributed by atoms with Crippen LogP contribution in [-0.4, -0.2) is 25.3 Å². The summed E-state index contributed by atoms with van der Waals surface area (Å²) in [6.07, 6.45) is 0. The van der Waals surface area contributed by atoms with Crippen LogP contribution in [0.4, 0.5) is 0 Å². The van der Waals surface area contributed by atoms with E-state index in [0.29, 0.717) is 5.88 Å². The molecule has 0 aliphatic heterocycles. The summed E-state index contributed by atoms with van der Waals surface area (Å²) >= 11 is 2.22. The molecule has 0 saturated carbocycles. The predicted molar refractivity (Wildman–Crippen MR) is 72.4 cm³/mol. The maximum absolute atomic E-state index is 9.21. The molecule has 0 atom stereocenters. The normalized spacial score (nSPS) is 11.6. The Morgan fingerprint density at radius 1 is 1.47 bits per heavy atom. The van der Waals surface area contributed by atoms with Crippen LogP contribution in [0.2, 0.25) is 19.6 Å². The van der Waals surface area contributed by atoms with Crippen molar-refractivity contribution in [3.63, 3.8) is 0 Å². The van der Waals surface area contributed by atoms with Crippen LogP contribution >= 0.6 is 22.6 Å². The van der Waals surface area contributed by atoms with Gasteiger partial charge in [0.05, 0.1) is 19.3 Å². The molecule has 0 aliphatic rings. The number of methoxy groups -OCH3 is 1. The largest absolute Gasteiger partial charge is 0.481 e. The number of aliphatic hydroxyl groups is 1. The Morgan fingerprint density at radius 3 is 2.47 bits per heavy atom. The Labute approximate surface area is 105 Å². The Kier molecular flexibility index (Phi) is 4.13. The zero-order valence-electron chi connectivity index (χ0n) is 9.47. The minimum Gasteiger partial charge on any atom is -0.481 e. The van der Waals surface area contributed by atoms with Crippen molar-refractivity contribution in [2.45, 2.75) is 26.2 Å². The molecule has 0 fully saturated rings. The molecule has 15 heavy (non-hydrogen) atoms. The van der Waals surface area contributed by atoms with Gasteiger partial charge in [-0.05, 0) is 28.7 Å². The highest BCUT2D eigenvalue weighted by Crippen LogP contribution is 2.21. The van der Waals surface area contributed by atoms with Crippen molar-refractivity contribution in [2.75, 3.05) is 7.11 Å². The van der Waals surface area contributed by atoms with E-state index in [4.69, 9.17) is 4.74 Å². The van der Waals surface area contributed by atoms with Crippen molar-refractivity contribution in [1.82, 2.24) is 4.98 Å². The van der Waals surface area contributed by atoms with E-state index < -0.39 is 8.07 Å². The van der Waals surface area contributed by atoms with Crippen LogP contribution in [0.15, 0.2) is 6.07 Å². The third-order valence-electron chi connectivity index (χ3n) is 2.15. The summed E-state index contributed by atoms with van der Waals surface area (Å²) in [4.78, 5) is 4.47. The van der Waals surface area contributed by atoms with Crippen LogP contribution in [0, 0.1) is 3.57 Å². The van der Waals surface area contributed by atoms with E-state index in [1.165, 1.54) is 0 Å². The summed E-state index contributed by atoms with van der Waals surface area (Å²) in [7, 11) is 0.163. The molecule has 0 spiro atoms. The summed E-state index contributed by atoms with van der Waals surface area (Å²) in [6.45, 7) is 6.69. The topological polar surface area (TPSA) is 42.4 Å². The first-order chi connectivity index (χ1) is 6.90. The van der Waals surface area contributed by atoms with Crippen LogP contribution in [0.1, 0.15) is 5.56 Å². The molecule has 1 rings (SSSR count). The van der Waals surface area contributed by atoms with E-state index in [2.05, 4.69) is 53.3 Å². The van der Waals surface area contributed by atoms with Crippen molar-refractivity contribution in [3.8, 4) is 5.88 Å². The van der Waals surface area contributed by atoms with Crippen molar-refractivity contribution in [1.29, 1.82) is 0 Å². The highest BCUT2D eigenvalue weighted by molar-refractivity contribution is 14.1. The van der Waals surface area contributed by atoms with E-state index in [1.807, 2.05) is 0 Å². The second kappa shape index (κ2) is 4.79. The number of aromatic nitrogens is 1. The van der Waals surface area contributed by atoms with Crippen LogP contribution in [-0.2, 0) is 6.61 Å². The van der Waals surface area contributed by atoms with Gasteiger partial charge in [0.1, 0.15) is 8.07 Å². The van der Waals surface area contributed by atoms with E-state index in [0.717, 1.165) is 14.5 Å². The zero-order valence-corrected chi connectivity index (χ0v) is 12.6. The van der Waals surface area contributed by atoms with Gasteiger partial charge in [-0.2, -0.15) is 0 Å². The average molecular weight is 337 g/mol. The summed E-state index contributed by atoms with van der Waals surface area (Å²) in [5.41, 5.74) is 0.778. The van der Waals surface area contributed by atoms with Crippen molar-refractivity contribution in [2.24, 2.45) is 0 Å². The third kappa shape index (κ3) is 2.91. The van der Waals surface area contributed by atoms with Gasteiger partial charge >= 0.3 is 0 Å². The minimum atomic E-state index is -1.43. The molecule has 1 aromatic heterocycles. The van der Waals surface area contributed by atoms with Crippen LogP contribution in [0.25, 0.3) is 0 Å².